The summed E-state index contributed by atoms with van der Waals surface area (Å²) in [5.74, 6) is 1.50. The Morgan fingerprint density at radius 1 is 1.04 bits per heavy atom. The third-order valence-corrected chi connectivity index (χ3v) is 6.45. The lowest BCUT2D eigenvalue weighted by Crippen LogP contribution is -2.49. The fourth-order valence-electron chi connectivity index (χ4n) is 3.13. The molecule has 27 heavy (non-hydrogen) atoms. The molecule has 0 spiro atoms. The average molecular weight is 390 g/mol. The molecule has 7 nitrogen and oxygen atoms in total. The Morgan fingerprint density at radius 2 is 1.70 bits per heavy atom. The van der Waals surface area contributed by atoms with Crippen molar-refractivity contribution in [3.05, 3.63) is 47.2 Å². The van der Waals surface area contributed by atoms with E-state index in [0.717, 1.165) is 29.2 Å². The Kier molecular flexibility index (Phi) is 5.96. The summed E-state index contributed by atoms with van der Waals surface area (Å²) in [6.45, 7) is 8.87. The first-order chi connectivity index (χ1) is 12.9. The van der Waals surface area contributed by atoms with Crippen molar-refractivity contribution in [3.63, 3.8) is 0 Å². The van der Waals surface area contributed by atoms with Gasteiger partial charge in [-0.3, -0.25) is 0 Å². The third-order valence-electron chi connectivity index (χ3n) is 4.60. The number of hydrogen-bond acceptors (Lipinski definition) is 6. The highest BCUT2D eigenvalue weighted by molar-refractivity contribution is 7.88. The van der Waals surface area contributed by atoms with Crippen LogP contribution in [0.3, 0.4) is 0 Å². The second-order valence-corrected chi connectivity index (χ2v) is 8.82. The highest BCUT2D eigenvalue weighted by atomic mass is 32.2. The minimum Gasteiger partial charge on any atom is -0.354 e. The summed E-state index contributed by atoms with van der Waals surface area (Å²) < 4.78 is 27.1. The lowest BCUT2D eigenvalue weighted by Gasteiger charge is -2.34. The summed E-state index contributed by atoms with van der Waals surface area (Å²) in [6.07, 6.45) is 0. The molecule has 0 unspecified atom stereocenters. The van der Waals surface area contributed by atoms with E-state index in [-0.39, 0.29) is 5.75 Å². The van der Waals surface area contributed by atoms with Gasteiger partial charge in [-0.2, -0.15) is 9.29 Å². The molecule has 2 aromatic rings. The molecule has 1 aliphatic rings. The number of piperazine rings is 1. The van der Waals surface area contributed by atoms with Crippen molar-refractivity contribution in [1.82, 2.24) is 14.3 Å². The van der Waals surface area contributed by atoms with Gasteiger partial charge in [-0.15, -0.1) is 0 Å². The molecule has 0 bridgehead atoms. The first kappa shape index (κ1) is 19.6. The number of benzene rings is 1. The first-order valence-electron chi connectivity index (χ1n) is 9.25. The summed E-state index contributed by atoms with van der Waals surface area (Å²) in [7, 11) is -3.32. The van der Waals surface area contributed by atoms with E-state index in [2.05, 4.69) is 20.2 Å². The number of nitrogens with zero attached hydrogens (tertiary/aromatic N) is 4. The Labute approximate surface area is 161 Å². The predicted molar refractivity (Wildman–Crippen MR) is 109 cm³/mol. The van der Waals surface area contributed by atoms with Gasteiger partial charge >= 0.3 is 0 Å². The lowest BCUT2D eigenvalue weighted by molar-refractivity contribution is 0.383. The molecule has 0 amide bonds. The summed E-state index contributed by atoms with van der Waals surface area (Å²) in [6, 6.07) is 9.60. The molecule has 1 aromatic carbocycles. The fourth-order valence-corrected chi connectivity index (χ4v) is 4.65. The zero-order valence-corrected chi connectivity index (χ0v) is 17.0. The predicted octanol–water partition coefficient (Wildman–Crippen LogP) is 2.18. The van der Waals surface area contributed by atoms with Crippen molar-refractivity contribution in [1.29, 1.82) is 0 Å². The molecule has 0 aliphatic carbocycles. The van der Waals surface area contributed by atoms with Crippen molar-refractivity contribution in [2.24, 2.45) is 0 Å². The second-order valence-electron chi connectivity index (χ2n) is 6.85. The van der Waals surface area contributed by atoms with Gasteiger partial charge in [0.05, 0.1) is 5.75 Å². The van der Waals surface area contributed by atoms with Crippen LogP contribution in [0, 0.1) is 13.8 Å². The number of anilines is 2. The number of sulfonamides is 1. The molecule has 0 saturated carbocycles. The van der Waals surface area contributed by atoms with E-state index >= 15 is 0 Å². The summed E-state index contributed by atoms with van der Waals surface area (Å²) in [5, 5.41) is 3.14. The smallest absolute Gasteiger partial charge is 0.224 e. The Bertz CT molecular complexity index is 875. The van der Waals surface area contributed by atoms with Gasteiger partial charge < -0.3 is 10.2 Å². The SMILES string of the molecule is CCNc1nc(C)cc(N2CCN(S(=O)(=O)Cc3ccc(C)cc3)CC2)n1. The monoisotopic (exact) mass is 389 g/mol. The number of rotatable bonds is 6. The molecule has 1 N–H and O–H groups in total. The lowest BCUT2D eigenvalue weighted by atomic mass is 10.2. The maximum Gasteiger partial charge on any atom is 0.224 e. The van der Waals surface area contributed by atoms with E-state index in [9.17, 15) is 8.42 Å². The number of hydrogen-bond donors (Lipinski definition) is 1. The molecule has 1 fully saturated rings. The van der Waals surface area contributed by atoms with Gasteiger partial charge in [0.15, 0.2) is 0 Å². The summed E-state index contributed by atoms with van der Waals surface area (Å²) >= 11 is 0. The first-order valence-corrected chi connectivity index (χ1v) is 10.9. The van der Waals surface area contributed by atoms with Crippen molar-refractivity contribution < 1.29 is 8.42 Å². The van der Waals surface area contributed by atoms with E-state index in [0.29, 0.717) is 32.1 Å². The zero-order chi connectivity index (χ0) is 19.4. The largest absolute Gasteiger partial charge is 0.354 e. The van der Waals surface area contributed by atoms with Crippen LogP contribution < -0.4 is 10.2 Å². The Balaban J connectivity index is 1.65. The molecular weight excluding hydrogens is 362 g/mol. The van der Waals surface area contributed by atoms with Gasteiger partial charge in [-0.25, -0.2) is 13.4 Å². The van der Waals surface area contributed by atoms with Gasteiger partial charge in [0, 0.05) is 44.5 Å². The second kappa shape index (κ2) is 8.22. The minimum absolute atomic E-state index is 0.0461. The van der Waals surface area contributed by atoms with E-state index < -0.39 is 10.0 Å². The standard InChI is InChI=1S/C19H27N5O2S/c1-4-20-19-21-16(3)13-18(22-19)23-9-11-24(12-10-23)27(25,26)14-17-7-5-15(2)6-8-17/h5-8,13H,4,9-12,14H2,1-3H3,(H,20,21,22). The van der Waals surface area contributed by atoms with Gasteiger partial charge in [-0.1, -0.05) is 29.8 Å². The van der Waals surface area contributed by atoms with Crippen molar-refractivity contribution in [3.8, 4) is 0 Å². The normalized spacial score (nSPS) is 15.7. The van der Waals surface area contributed by atoms with Gasteiger partial charge in [0.1, 0.15) is 5.82 Å². The van der Waals surface area contributed by atoms with Crippen LogP contribution >= 0.6 is 0 Å². The number of nitrogens with one attached hydrogen (secondary N) is 1. The highest BCUT2D eigenvalue weighted by Crippen LogP contribution is 2.19. The van der Waals surface area contributed by atoms with Gasteiger partial charge in [-0.05, 0) is 26.3 Å². The minimum atomic E-state index is -3.32. The van der Waals surface area contributed by atoms with Crippen LogP contribution in [0.5, 0.6) is 0 Å². The Morgan fingerprint density at radius 3 is 2.33 bits per heavy atom. The molecule has 3 rings (SSSR count). The van der Waals surface area contributed by atoms with E-state index in [1.807, 2.05) is 51.1 Å². The van der Waals surface area contributed by atoms with E-state index in [4.69, 9.17) is 0 Å². The fraction of sp³-hybridized carbons (Fsp3) is 0.474. The van der Waals surface area contributed by atoms with Crippen LogP contribution in [0.15, 0.2) is 30.3 Å². The van der Waals surface area contributed by atoms with E-state index in [1.54, 1.807) is 4.31 Å². The van der Waals surface area contributed by atoms with Crippen LogP contribution in [0.1, 0.15) is 23.7 Å². The molecule has 146 valence electrons. The molecule has 1 saturated heterocycles. The van der Waals surface area contributed by atoms with Crippen molar-refractivity contribution >= 4 is 21.8 Å². The highest BCUT2D eigenvalue weighted by Gasteiger charge is 2.27. The van der Waals surface area contributed by atoms with Crippen LogP contribution in [-0.2, 0) is 15.8 Å². The van der Waals surface area contributed by atoms with Crippen LogP contribution in [0.25, 0.3) is 0 Å². The molecule has 8 heteroatoms. The Hall–Kier alpha value is -2.19. The summed E-state index contributed by atoms with van der Waals surface area (Å²) in [4.78, 5) is 11.0. The molecule has 2 heterocycles. The molecule has 1 aromatic heterocycles. The van der Waals surface area contributed by atoms with Gasteiger partial charge in [0.25, 0.3) is 0 Å². The van der Waals surface area contributed by atoms with E-state index in [1.165, 1.54) is 0 Å². The maximum atomic E-state index is 12.7. The quantitative estimate of drug-likeness (QED) is 0.816. The maximum absolute atomic E-state index is 12.7. The van der Waals surface area contributed by atoms with Crippen LogP contribution in [0.4, 0.5) is 11.8 Å². The molecule has 0 atom stereocenters. The molecular formula is C19H27N5O2S. The molecule has 0 radical (unpaired) electrons. The number of aromatic nitrogens is 2. The van der Waals surface area contributed by atoms with Crippen molar-refractivity contribution in [2.45, 2.75) is 26.5 Å². The zero-order valence-electron chi connectivity index (χ0n) is 16.1. The summed E-state index contributed by atoms with van der Waals surface area (Å²) in [5.41, 5.74) is 2.84. The third kappa shape index (κ3) is 4.95. The van der Waals surface area contributed by atoms with Crippen molar-refractivity contribution in [2.75, 3.05) is 42.9 Å². The average Bonchev–Trinajstić information content (AvgIpc) is 2.63. The molecule has 1 aliphatic heterocycles. The van der Waals surface area contributed by atoms with Crippen LogP contribution in [-0.4, -0.2) is 55.4 Å². The van der Waals surface area contributed by atoms with Crippen LogP contribution in [0.2, 0.25) is 0 Å². The van der Waals surface area contributed by atoms with Gasteiger partial charge in [0.2, 0.25) is 16.0 Å². The number of aryl methyl sites for hydroxylation is 2. The topological polar surface area (TPSA) is 78.4 Å².